The lowest BCUT2D eigenvalue weighted by Gasteiger charge is -2.14. The van der Waals surface area contributed by atoms with Gasteiger partial charge in [0.05, 0.1) is 6.67 Å². The Labute approximate surface area is 124 Å². The van der Waals surface area contributed by atoms with Gasteiger partial charge in [-0.25, -0.2) is 0 Å². The van der Waals surface area contributed by atoms with E-state index in [2.05, 4.69) is 46.3 Å². The van der Waals surface area contributed by atoms with Gasteiger partial charge in [0, 0.05) is 33.4 Å². The summed E-state index contributed by atoms with van der Waals surface area (Å²) in [7, 11) is 7.86. The van der Waals surface area contributed by atoms with Crippen molar-refractivity contribution in [1.82, 2.24) is 10.2 Å². The third-order valence-corrected chi connectivity index (χ3v) is 2.99. The molecule has 2 rings (SSSR count). The van der Waals surface area contributed by atoms with Crippen LogP contribution in [0.25, 0.3) is 0 Å². The summed E-state index contributed by atoms with van der Waals surface area (Å²) in [5.41, 5.74) is 2.57. The van der Waals surface area contributed by atoms with Gasteiger partial charge in [0.1, 0.15) is 6.23 Å². The molecule has 1 N–H and O–H groups in total. The van der Waals surface area contributed by atoms with Crippen molar-refractivity contribution in [1.29, 1.82) is 0 Å². The number of anilines is 1. The van der Waals surface area contributed by atoms with Crippen molar-refractivity contribution in [2.24, 2.45) is 0 Å². The fraction of sp³-hybridized carbons (Fsp3) is 0.625. The molecule has 4 heteroatoms. The van der Waals surface area contributed by atoms with Crippen LogP contribution in [0, 0.1) is 6.92 Å². The molecule has 1 fully saturated rings. The molecular weight excluding hydrogens is 250 g/mol. The van der Waals surface area contributed by atoms with Crippen molar-refractivity contribution < 1.29 is 4.74 Å². The van der Waals surface area contributed by atoms with Crippen LogP contribution >= 0.6 is 0 Å². The van der Waals surface area contributed by atoms with Crippen LogP contribution in [-0.4, -0.2) is 52.6 Å². The van der Waals surface area contributed by atoms with Crippen molar-refractivity contribution in [3.8, 4) is 0 Å². The number of hydrogen-bond acceptors (Lipinski definition) is 4. The molecule has 0 aliphatic carbocycles. The third kappa shape index (κ3) is 6.89. The summed E-state index contributed by atoms with van der Waals surface area (Å²) in [4.78, 5) is 4.22. The molecular formula is C16H31N3O. The van der Waals surface area contributed by atoms with E-state index >= 15 is 0 Å². The predicted octanol–water partition coefficient (Wildman–Crippen LogP) is 2.54. The Hall–Kier alpha value is -1.10. The summed E-state index contributed by atoms with van der Waals surface area (Å²) >= 11 is 0. The van der Waals surface area contributed by atoms with Gasteiger partial charge in [0.2, 0.25) is 0 Å². The summed E-state index contributed by atoms with van der Waals surface area (Å²) in [6.07, 6.45) is 0.287. The lowest BCUT2D eigenvalue weighted by molar-refractivity contribution is 0.0196. The molecule has 1 aliphatic heterocycles. The lowest BCUT2D eigenvalue weighted by Crippen LogP contribution is -2.27. The molecule has 1 aromatic carbocycles. The predicted molar refractivity (Wildman–Crippen MR) is 88.3 cm³/mol. The Morgan fingerprint density at radius 3 is 2.05 bits per heavy atom. The number of ether oxygens (including phenoxy) is 1. The first-order valence-electron chi connectivity index (χ1n) is 7.22. The van der Waals surface area contributed by atoms with E-state index in [-0.39, 0.29) is 6.23 Å². The summed E-state index contributed by atoms with van der Waals surface area (Å²) in [5.74, 6) is 0. The highest BCUT2D eigenvalue weighted by Crippen LogP contribution is 2.10. The number of benzene rings is 1. The summed E-state index contributed by atoms with van der Waals surface area (Å²) < 4.78 is 5.09. The second kappa shape index (κ2) is 10.7. The highest BCUT2D eigenvalue weighted by molar-refractivity contribution is 5.45. The standard InChI is InChI=1S/C9H13N.C5H12N2O.C2H6/c1-8-4-6-9(7-5-8)10(2)3;1-7-4-6-3-5(7)8-2;1-2/h4-7H,1-3H3;5-6H,3-4H2,1-2H3;1-2H3. The van der Waals surface area contributed by atoms with Gasteiger partial charge in [0.15, 0.2) is 0 Å². The second-order valence-electron chi connectivity index (χ2n) is 4.79. The van der Waals surface area contributed by atoms with Gasteiger partial charge in [-0.05, 0) is 26.1 Å². The van der Waals surface area contributed by atoms with E-state index in [9.17, 15) is 0 Å². The molecule has 1 aromatic rings. The zero-order chi connectivity index (χ0) is 15.5. The van der Waals surface area contributed by atoms with E-state index in [0.29, 0.717) is 0 Å². The first kappa shape index (κ1) is 18.9. The van der Waals surface area contributed by atoms with Gasteiger partial charge in [-0.2, -0.15) is 0 Å². The van der Waals surface area contributed by atoms with E-state index in [4.69, 9.17) is 4.74 Å². The molecule has 0 spiro atoms. The number of nitrogens with one attached hydrogen (secondary N) is 1. The number of nitrogens with zero attached hydrogens (tertiary/aromatic N) is 2. The normalized spacial score (nSPS) is 17.6. The van der Waals surface area contributed by atoms with Crippen LogP contribution in [0.3, 0.4) is 0 Å². The van der Waals surface area contributed by atoms with Crippen LogP contribution in [0.4, 0.5) is 5.69 Å². The molecule has 0 radical (unpaired) electrons. The van der Waals surface area contributed by atoms with Crippen molar-refractivity contribution in [2.75, 3.05) is 46.4 Å². The van der Waals surface area contributed by atoms with Crippen LogP contribution in [0.5, 0.6) is 0 Å². The van der Waals surface area contributed by atoms with Crippen molar-refractivity contribution in [3.63, 3.8) is 0 Å². The Morgan fingerprint density at radius 1 is 1.20 bits per heavy atom. The maximum atomic E-state index is 5.09. The van der Waals surface area contributed by atoms with Crippen LogP contribution < -0.4 is 10.2 Å². The number of hydrogen-bond donors (Lipinski definition) is 1. The first-order chi connectivity index (χ1) is 9.54. The largest absolute Gasteiger partial charge is 0.378 e. The Kier molecular flexibility index (Phi) is 10.1. The maximum Gasteiger partial charge on any atom is 0.123 e. The van der Waals surface area contributed by atoms with Gasteiger partial charge in [-0.15, -0.1) is 0 Å². The van der Waals surface area contributed by atoms with E-state index in [1.54, 1.807) is 7.11 Å². The molecule has 1 unspecified atom stereocenters. The average molecular weight is 281 g/mol. The molecule has 0 bridgehead atoms. The number of methoxy groups -OCH3 is 1. The van der Waals surface area contributed by atoms with Gasteiger partial charge >= 0.3 is 0 Å². The minimum absolute atomic E-state index is 0.287. The number of rotatable bonds is 2. The summed E-state index contributed by atoms with van der Waals surface area (Å²) in [6.45, 7) is 7.99. The molecule has 1 saturated heterocycles. The monoisotopic (exact) mass is 281 g/mol. The van der Waals surface area contributed by atoms with Crippen molar-refractivity contribution in [2.45, 2.75) is 27.0 Å². The minimum atomic E-state index is 0.287. The lowest BCUT2D eigenvalue weighted by atomic mass is 10.2. The molecule has 1 atom stereocenters. The molecule has 0 saturated carbocycles. The topological polar surface area (TPSA) is 27.7 Å². The Morgan fingerprint density at radius 2 is 1.75 bits per heavy atom. The van der Waals surface area contributed by atoms with Crippen molar-refractivity contribution >= 4 is 5.69 Å². The molecule has 116 valence electrons. The van der Waals surface area contributed by atoms with E-state index < -0.39 is 0 Å². The fourth-order valence-electron chi connectivity index (χ4n) is 1.73. The molecule has 1 aliphatic rings. The van der Waals surface area contributed by atoms with Crippen LogP contribution in [-0.2, 0) is 4.74 Å². The van der Waals surface area contributed by atoms with Gasteiger partial charge in [-0.3, -0.25) is 4.90 Å². The van der Waals surface area contributed by atoms with Crippen molar-refractivity contribution in [3.05, 3.63) is 29.8 Å². The number of aryl methyl sites for hydroxylation is 1. The molecule has 0 aromatic heterocycles. The van der Waals surface area contributed by atoms with Gasteiger partial charge in [0.25, 0.3) is 0 Å². The fourth-order valence-corrected chi connectivity index (χ4v) is 1.73. The van der Waals surface area contributed by atoms with E-state index in [1.165, 1.54) is 11.3 Å². The smallest absolute Gasteiger partial charge is 0.123 e. The molecule has 0 amide bonds. The first-order valence-corrected chi connectivity index (χ1v) is 7.22. The van der Waals surface area contributed by atoms with E-state index in [1.807, 2.05) is 35.0 Å². The zero-order valence-electron chi connectivity index (χ0n) is 14.1. The molecule has 20 heavy (non-hydrogen) atoms. The highest BCUT2D eigenvalue weighted by atomic mass is 16.5. The maximum absolute atomic E-state index is 5.09. The van der Waals surface area contributed by atoms with Crippen LogP contribution in [0.1, 0.15) is 19.4 Å². The second-order valence-corrected chi connectivity index (χ2v) is 4.79. The van der Waals surface area contributed by atoms with Crippen LogP contribution in [0.15, 0.2) is 24.3 Å². The molecule has 4 nitrogen and oxygen atoms in total. The third-order valence-electron chi connectivity index (χ3n) is 2.99. The van der Waals surface area contributed by atoms with Gasteiger partial charge in [-0.1, -0.05) is 31.5 Å². The van der Waals surface area contributed by atoms with Crippen LogP contribution in [0.2, 0.25) is 0 Å². The highest BCUT2D eigenvalue weighted by Gasteiger charge is 2.18. The SMILES string of the molecule is CC.COC1CNCN1C.Cc1ccc(N(C)C)cc1. The summed E-state index contributed by atoms with van der Waals surface area (Å²) in [5, 5.41) is 3.17. The zero-order valence-corrected chi connectivity index (χ0v) is 14.1. The Bertz CT molecular complexity index is 338. The van der Waals surface area contributed by atoms with Gasteiger partial charge < -0.3 is 15.0 Å². The molecule has 1 heterocycles. The average Bonchev–Trinajstić information content (AvgIpc) is 2.87. The quantitative estimate of drug-likeness (QED) is 0.901. The van der Waals surface area contributed by atoms with E-state index in [0.717, 1.165) is 13.2 Å². The number of likely N-dealkylation sites (N-methyl/N-ethyl adjacent to an activating group) is 1. The minimum Gasteiger partial charge on any atom is -0.378 e. The Balaban J connectivity index is 0.000000327. The summed E-state index contributed by atoms with van der Waals surface area (Å²) in [6, 6.07) is 8.48.